The maximum Gasteiger partial charge on any atom is 0.356 e. The first-order chi connectivity index (χ1) is 13.5. The van der Waals surface area contributed by atoms with Crippen molar-refractivity contribution in [2.75, 3.05) is 10.6 Å². The molecule has 0 radical (unpaired) electrons. The van der Waals surface area contributed by atoms with Crippen molar-refractivity contribution in [1.29, 1.82) is 0 Å². The number of aromatic nitrogens is 3. The van der Waals surface area contributed by atoms with E-state index in [2.05, 4.69) is 25.6 Å². The molecule has 140 valence electrons. The van der Waals surface area contributed by atoms with E-state index in [9.17, 15) is 14.4 Å². The second-order valence-corrected chi connectivity index (χ2v) is 5.78. The molecule has 28 heavy (non-hydrogen) atoms. The molecule has 0 spiro atoms. The Morgan fingerprint density at radius 3 is 2.29 bits per heavy atom. The van der Waals surface area contributed by atoms with Crippen LogP contribution in [0.15, 0.2) is 55.0 Å². The molecule has 0 aliphatic rings. The van der Waals surface area contributed by atoms with E-state index in [1.165, 1.54) is 36.8 Å². The average molecular weight is 398 g/mol. The van der Waals surface area contributed by atoms with Crippen molar-refractivity contribution < 1.29 is 19.5 Å². The van der Waals surface area contributed by atoms with Crippen LogP contribution in [-0.4, -0.2) is 37.8 Å². The third kappa shape index (κ3) is 4.27. The maximum absolute atomic E-state index is 12.4. The fraction of sp³-hybridized carbons (Fsp3) is 0. The molecular weight excluding hydrogens is 386 g/mol. The van der Waals surface area contributed by atoms with Gasteiger partial charge in [0, 0.05) is 24.3 Å². The first-order valence-electron chi connectivity index (χ1n) is 7.83. The molecule has 9 nitrogen and oxygen atoms in total. The summed E-state index contributed by atoms with van der Waals surface area (Å²) in [5.74, 6) is -2.36. The van der Waals surface area contributed by atoms with Crippen molar-refractivity contribution in [3.63, 3.8) is 0 Å². The smallest absolute Gasteiger partial charge is 0.356 e. The lowest BCUT2D eigenvalue weighted by Crippen LogP contribution is -2.20. The van der Waals surface area contributed by atoms with Crippen LogP contribution in [0.3, 0.4) is 0 Å². The number of benzene rings is 1. The minimum atomic E-state index is -1.38. The highest BCUT2D eigenvalue weighted by Crippen LogP contribution is 2.22. The number of carbonyl (C=O) groups is 3. The van der Waals surface area contributed by atoms with Crippen LogP contribution in [-0.2, 0) is 0 Å². The normalized spacial score (nSPS) is 10.2. The Labute approximate surface area is 163 Å². The monoisotopic (exact) mass is 397 g/mol. The van der Waals surface area contributed by atoms with E-state index in [1.54, 1.807) is 18.2 Å². The van der Waals surface area contributed by atoms with Gasteiger partial charge >= 0.3 is 5.97 Å². The van der Waals surface area contributed by atoms with Crippen LogP contribution in [0, 0.1) is 0 Å². The Morgan fingerprint density at radius 1 is 0.857 bits per heavy atom. The number of amides is 2. The van der Waals surface area contributed by atoms with E-state index in [0.29, 0.717) is 5.82 Å². The summed E-state index contributed by atoms with van der Waals surface area (Å²) in [6, 6.07) is 9.28. The molecule has 0 aliphatic heterocycles. The van der Waals surface area contributed by atoms with Crippen molar-refractivity contribution in [3.8, 4) is 0 Å². The minimum Gasteiger partial charge on any atom is -0.476 e. The van der Waals surface area contributed by atoms with Crippen LogP contribution in [0.25, 0.3) is 0 Å². The lowest BCUT2D eigenvalue weighted by Gasteiger charge is -2.10. The summed E-state index contributed by atoms with van der Waals surface area (Å²) in [7, 11) is 0. The van der Waals surface area contributed by atoms with Gasteiger partial charge in [-0.15, -0.1) is 0 Å². The second-order valence-electron chi connectivity index (χ2n) is 5.38. The summed E-state index contributed by atoms with van der Waals surface area (Å²) in [6.45, 7) is 0. The van der Waals surface area contributed by atoms with Crippen LogP contribution in [0.2, 0.25) is 5.02 Å². The highest BCUT2D eigenvalue weighted by molar-refractivity contribution is 6.34. The van der Waals surface area contributed by atoms with Crippen molar-refractivity contribution in [2.45, 2.75) is 0 Å². The molecule has 0 bridgehead atoms. The average Bonchev–Trinajstić information content (AvgIpc) is 2.70. The molecule has 0 unspecified atom stereocenters. The molecule has 3 aromatic rings. The molecule has 2 heterocycles. The van der Waals surface area contributed by atoms with Gasteiger partial charge in [0.25, 0.3) is 11.8 Å². The number of anilines is 2. The number of carboxylic acid groups (broad SMARTS) is 1. The Hall–Kier alpha value is -3.85. The van der Waals surface area contributed by atoms with Crippen LogP contribution < -0.4 is 10.6 Å². The first-order valence-corrected chi connectivity index (χ1v) is 8.21. The Balaban J connectivity index is 1.83. The fourth-order valence-electron chi connectivity index (χ4n) is 2.25. The van der Waals surface area contributed by atoms with Gasteiger partial charge in [0.1, 0.15) is 5.82 Å². The lowest BCUT2D eigenvalue weighted by atomic mass is 10.1. The molecule has 3 N–H and O–H groups in total. The topological polar surface area (TPSA) is 134 Å². The van der Waals surface area contributed by atoms with Crippen LogP contribution in [0.1, 0.15) is 31.3 Å². The summed E-state index contributed by atoms with van der Waals surface area (Å²) in [6.07, 6.45) is 3.90. The quantitative estimate of drug-likeness (QED) is 0.602. The first kappa shape index (κ1) is 18.9. The van der Waals surface area contributed by atoms with Gasteiger partial charge < -0.3 is 15.7 Å². The van der Waals surface area contributed by atoms with Gasteiger partial charge in [0.2, 0.25) is 0 Å². The van der Waals surface area contributed by atoms with Gasteiger partial charge in [-0.25, -0.2) is 19.7 Å². The molecule has 0 aliphatic carbocycles. The minimum absolute atomic E-state index is 0.0997. The van der Waals surface area contributed by atoms with Gasteiger partial charge in [0.15, 0.2) is 11.4 Å². The zero-order valence-electron chi connectivity index (χ0n) is 14.1. The number of nitrogens with zero attached hydrogens (tertiary/aromatic N) is 3. The van der Waals surface area contributed by atoms with Gasteiger partial charge in [-0.3, -0.25) is 9.59 Å². The number of carbonyl (C=O) groups excluding carboxylic acids is 2. The number of aromatic carboxylic acids is 1. The van der Waals surface area contributed by atoms with Crippen LogP contribution in [0.4, 0.5) is 11.5 Å². The summed E-state index contributed by atoms with van der Waals surface area (Å²) in [4.78, 5) is 47.4. The van der Waals surface area contributed by atoms with Crippen molar-refractivity contribution >= 4 is 40.9 Å². The largest absolute Gasteiger partial charge is 0.476 e. The zero-order chi connectivity index (χ0) is 20.1. The number of halogens is 1. The fourth-order valence-corrected chi connectivity index (χ4v) is 2.45. The van der Waals surface area contributed by atoms with Gasteiger partial charge in [-0.1, -0.05) is 17.7 Å². The summed E-state index contributed by atoms with van der Waals surface area (Å²) in [5, 5.41) is 14.3. The molecular formula is C18H12ClN5O4. The molecule has 0 saturated heterocycles. The summed E-state index contributed by atoms with van der Waals surface area (Å²) in [5.41, 5.74) is -0.517. The SMILES string of the molecule is O=C(Nc1ccccn1)c1cc(NC(=O)c2nccnc2C(=O)O)ccc1Cl. The van der Waals surface area contributed by atoms with E-state index in [-0.39, 0.29) is 22.0 Å². The third-order valence-electron chi connectivity index (χ3n) is 3.49. The third-order valence-corrected chi connectivity index (χ3v) is 3.82. The molecule has 10 heteroatoms. The molecule has 1 aromatic carbocycles. The maximum atomic E-state index is 12.4. The van der Waals surface area contributed by atoms with Crippen molar-refractivity contribution in [1.82, 2.24) is 15.0 Å². The predicted molar refractivity (Wildman–Crippen MR) is 101 cm³/mol. The summed E-state index contributed by atoms with van der Waals surface area (Å²) >= 11 is 6.08. The van der Waals surface area contributed by atoms with Crippen molar-refractivity contribution in [3.05, 3.63) is 77.0 Å². The number of pyridine rings is 1. The number of carboxylic acids is 1. The van der Waals surface area contributed by atoms with Gasteiger partial charge in [-0.05, 0) is 30.3 Å². The Bertz CT molecular complexity index is 1060. The molecule has 2 amide bonds. The second kappa shape index (κ2) is 8.23. The molecule has 0 atom stereocenters. The van der Waals surface area contributed by atoms with E-state index >= 15 is 0 Å². The van der Waals surface area contributed by atoms with Crippen molar-refractivity contribution in [2.24, 2.45) is 0 Å². The van der Waals surface area contributed by atoms with E-state index in [0.717, 1.165) is 0 Å². The van der Waals surface area contributed by atoms with E-state index < -0.39 is 23.5 Å². The lowest BCUT2D eigenvalue weighted by molar-refractivity contribution is 0.0684. The summed E-state index contributed by atoms with van der Waals surface area (Å²) < 4.78 is 0. The molecule has 3 rings (SSSR count). The molecule has 0 fully saturated rings. The van der Waals surface area contributed by atoms with Crippen LogP contribution >= 0.6 is 11.6 Å². The number of hydrogen-bond acceptors (Lipinski definition) is 6. The van der Waals surface area contributed by atoms with E-state index in [4.69, 9.17) is 16.7 Å². The molecule has 0 saturated carbocycles. The Kier molecular flexibility index (Phi) is 5.56. The van der Waals surface area contributed by atoms with Crippen LogP contribution in [0.5, 0.6) is 0 Å². The number of hydrogen-bond donors (Lipinski definition) is 3. The van der Waals surface area contributed by atoms with Gasteiger partial charge in [0.05, 0.1) is 10.6 Å². The predicted octanol–water partition coefficient (Wildman–Crippen LogP) is 2.73. The Morgan fingerprint density at radius 2 is 1.61 bits per heavy atom. The highest BCUT2D eigenvalue weighted by atomic mass is 35.5. The number of nitrogens with one attached hydrogen (secondary N) is 2. The number of rotatable bonds is 5. The highest BCUT2D eigenvalue weighted by Gasteiger charge is 2.20. The standard InChI is InChI=1S/C18H12ClN5O4/c19-12-5-4-10(9-11(12)16(25)24-13-3-1-2-6-20-13)23-17(26)14-15(18(27)28)22-8-7-21-14/h1-9H,(H,23,26)(H,27,28)(H,20,24,25). The van der Waals surface area contributed by atoms with E-state index in [1.807, 2.05) is 0 Å². The van der Waals surface area contributed by atoms with Gasteiger partial charge in [-0.2, -0.15) is 0 Å². The zero-order valence-corrected chi connectivity index (χ0v) is 14.8. The molecule has 2 aromatic heterocycles.